The minimum atomic E-state index is -0.161. The molecule has 1 fully saturated rings. The molecule has 0 saturated heterocycles. The maximum atomic E-state index is 13.4. The molecule has 33 heavy (non-hydrogen) atoms. The Morgan fingerprint density at radius 2 is 2.03 bits per heavy atom. The first-order chi connectivity index (χ1) is 16.1. The van der Waals surface area contributed by atoms with Crippen molar-refractivity contribution in [1.82, 2.24) is 9.66 Å². The topological polar surface area (TPSA) is 89.5 Å². The molecule has 0 bridgehead atoms. The largest absolute Gasteiger partial charge is 0.490 e. The molecule has 3 aromatic rings. The Hall–Kier alpha value is -2.93. The summed E-state index contributed by atoms with van der Waals surface area (Å²) in [6.45, 7) is 2.28. The zero-order valence-corrected chi connectivity index (χ0v) is 20.6. The summed E-state index contributed by atoms with van der Waals surface area (Å²) in [5, 5.41) is 14.0. The molecule has 4 rings (SSSR count). The lowest BCUT2D eigenvalue weighted by Crippen LogP contribution is -2.25. The van der Waals surface area contributed by atoms with Crippen molar-refractivity contribution in [2.45, 2.75) is 44.9 Å². The molecule has 0 spiro atoms. The van der Waals surface area contributed by atoms with E-state index < -0.39 is 0 Å². The van der Waals surface area contributed by atoms with Crippen LogP contribution < -0.4 is 15.0 Å². The molecule has 1 aliphatic rings. The number of nitriles is 1. The molecule has 7 nitrogen and oxygen atoms in total. The van der Waals surface area contributed by atoms with Crippen LogP contribution in [0.3, 0.4) is 0 Å². The smallest absolute Gasteiger partial charge is 0.282 e. The fraction of sp³-hybridized carbons (Fsp3) is 0.360. The van der Waals surface area contributed by atoms with Crippen molar-refractivity contribution in [2.75, 3.05) is 13.2 Å². The Morgan fingerprint density at radius 3 is 2.79 bits per heavy atom. The number of rotatable bonds is 7. The van der Waals surface area contributed by atoms with Crippen LogP contribution in [0.5, 0.6) is 11.5 Å². The van der Waals surface area contributed by atoms with Crippen LogP contribution in [0.25, 0.3) is 10.9 Å². The molecule has 0 amide bonds. The van der Waals surface area contributed by atoms with E-state index in [0.29, 0.717) is 29.0 Å². The summed E-state index contributed by atoms with van der Waals surface area (Å²) < 4.78 is 13.5. The lowest BCUT2D eigenvalue weighted by atomic mass is 9.88. The first-order valence-electron chi connectivity index (χ1n) is 11.1. The maximum absolute atomic E-state index is 13.4. The Labute approximate surface area is 206 Å². The van der Waals surface area contributed by atoms with E-state index >= 15 is 0 Å². The van der Waals surface area contributed by atoms with Gasteiger partial charge in [0, 0.05) is 5.92 Å². The summed E-state index contributed by atoms with van der Waals surface area (Å²) in [4.78, 5) is 18.2. The molecule has 0 atom stereocenters. The standard InChI is InChI=1S/C25H25IN4O3/c1-2-32-22-15-17(14-20(26)23(22)33-13-12-27)16-28-30-24(18-8-4-3-5-9-18)29-21-11-7-6-10-19(21)25(30)31/h6-7,10-11,14-16,18H,2-5,8-9,13H2,1H3. The number of para-hydroxylation sites is 1. The first-order valence-corrected chi connectivity index (χ1v) is 12.2. The summed E-state index contributed by atoms with van der Waals surface area (Å²) in [6, 6.07) is 13.1. The van der Waals surface area contributed by atoms with Crippen molar-refractivity contribution in [2.24, 2.45) is 5.10 Å². The van der Waals surface area contributed by atoms with Crippen molar-refractivity contribution >= 4 is 39.7 Å². The summed E-state index contributed by atoms with van der Waals surface area (Å²) >= 11 is 2.15. The molecule has 1 aromatic heterocycles. The lowest BCUT2D eigenvalue weighted by Gasteiger charge is -2.22. The van der Waals surface area contributed by atoms with E-state index in [0.717, 1.165) is 40.6 Å². The van der Waals surface area contributed by atoms with Crippen LogP contribution in [0.1, 0.15) is 56.3 Å². The maximum Gasteiger partial charge on any atom is 0.282 e. The molecule has 1 heterocycles. The summed E-state index contributed by atoms with van der Waals surface area (Å²) in [7, 11) is 0. The highest BCUT2D eigenvalue weighted by Gasteiger charge is 2.22. The third-order valence-electron chi connectivity index (χ3n) is 5.68. The summed E-state index contributed by atoms with van der Waals surface area (Å²) in [6.07, 6.45) is 7.17. The number of fused-ring (bicyclic) bond motifs is 1. The monoisotopic (exact) mass is 556 g/mol. The molecule has 2 aromatic carbocycles. The fourth-order valence-corrected chi connectivity index (χ4v) is 4.95. The van der Waals surface area contributed by atoms with Crippen LogP contribution in [0.15, 0.2) is 46.3 Å². The van der Waals surface area contributed by atoms with E-state index in [2.05, 4.69) is 27.7 Å². The summed E-state index contributed by atoms with van der Waals surface area (Å²) in [5.41, 5.74) is 1.31. The van der Waals surface area contributed by atoms with Gasteiger partial charge in [0.2, 0.25) is 0 Å². The number of hydrogen-bond donors (Lipinski definition) is 0. The Bertz CT molecular complexity index is 1270. The van der Waals surface area contributed by atoms with Crippen molar-refractivity contribution in [3.8, 4) is 17.6 Å². The zero-order valence-electron chi connectivity index (χ0n) is 18.5. The van der Waals surface area contributed by atoms with Gasteiger partial charge in [0.1, 0.15) is 11.9 Å². The predicted molar refractivity (Wildman–Crippen MR) is 136 cm³/mol. The average Bonchev–Trinajstić information content (AvgIpc) is 2.83. The van der Waals surface area contributed by atoms with Gasteiger partial charge in [-0.3, -0.25) is 4.79 Å². The molecule has 0 unspecified atom stereocenters. The van der Waals surface area contributed by atoms with Crippen LogP contribution in [-0.2, 0) is 0 Å². The van der Waals surface area contributed by atoms with Crippen molar-refractivity contribution in [3.63, 3.8) is 0 Å². The second kappa shape index (κ2) is 10.8. The fourth-order valence-electron chi connectivity index (χ4n) is 4.17. The molecular weight excluding hydrogens is 531 g/mol. The number of benzene rings is 2. The number of aromatic nitrogens is 2. The molecule has 0 radical (unpaired) electrons. The molecule has 1 aliphatic carbocycles. The van der Waals surface area contributed by atoms with Crippen molar-refractivity contribution in [3.05, 3.63) is 61.7 Å². The van der Waals surface area contributed by atoms with Gasteiger partial charge in [-0.1, -0.05) is 31.4 Å². The molecule has 8 heteroatoms. The Kier molecular flexibility index (Phi) is 7.60. The van der Waals surface area contributed by atoms with Gasteiger partial charge in [0.15, 0.2) is 18.1 Å². The van der Waals surface area contributed by atoms with Crippen LogP contribution in [0, 0.1) is 14.9 Å². The van der Waals surface area contributed by atoms with Crippen LogP contribution >= 0.6 is 22.6 Å². The van der Waals surface area contributed by atoms with Crippen molar-refractivity contribution in [1.29, 1.82) is 5.26 Å². The second-order valence-corrected chi connectivity index (χ2v) is 9.06. The molecular formula is C25H25IN4O3. The molecule has 170 valence electrons. The van der Waals surface area contributed by atoms with E-state index in [1.54, 1.807) is 12.3 Å². The van der Waals surface area contributed by atoms with Crippen LogP contribution in [-0.4, -0.2) is 29.1 Å². The SMILES string of the molecule is CCOc1cc(C=Nn2c(C3CCCCC3)nc3ccccc3c2=O)cc(I)c1OCC#N. The van der Waals surface area contributed by atoms with Crippen LogP contribution in [0.2, 0.25) is 0 Å². The third kappa shape index (κ3) is 5.19. The van der Waals surface area contributed by atoms with Gasteiger partial charge in [-0.15, -0.1) is 0 Å². The van der Waals surface area contributed by atoms with Gasteiger partial charge in [-0.05, 0) is 72.2 Å². The normalized spacial score (nSPS) is 14.5. The highest BCUT2D eigenvalue weighted by atomic mass is 127. The molecule has 0 N–H and O–H groups in total. The quantitative estimate of drug-likeness (QED) is 0.294. The van der Waals surface area contributed by atoms with Gasteiger partial charge in [-0.2, -0.15) is 15.0 Å². The van der Waals surface area contributed by atoms with Gasteiger partial charge in [0.25, 0.3) is 5.56 Å². The minimum absolute atomic E-state index is 0.0631. The number of halogens is 1. The highest BCUT2D eigenvalue weighted by Crippen LogP contribution is 2.34. The highest BCUT2D eigenvalue weighted by molar-refractivity contribution is 14.1. The minimum Gasteiger partial charge on any atom is -0.490 e. The number of ether oxygens (including phenoxy) is 2. The Morgan fingerprint density at radius 1 is 1.24 bits per heavy atom. The van der Waals surface area contributed by atoms with Gasteiger partial charge in [0.05, 0.1) is 27.3 Å². The first kappa shape index (κ1) is 23.2. The van der Waals surface area contributed by atoms with E-state index in [4.69, 9.17) is 19.7 Å². The van der Waals surface area contributed by atoms with E-state index in [1.165, 1.54) is 11.1 Å². The molecule has 1 saturated carbocycles. The lowest BCUT2D eigenvalue weighted by molar-refractivity contribution is 0.297. The number of nitrogens with zero attached hydrogens (tertiary/aromatic N) is 4. The van der Waals surface area contributed by atoms with Gasteiger partial charge < -0.3 is 9.47 Å². The summed E-state index contributed by atoms with van der Waals surface area (Å²) in [5.74, 6) is 2.01. The predicted octanol–water partition coefficient (Wildman–Crippen LogP) is 5.23. The van der Waals surface area contributed by atoms with E-state index in [9.17, 15) is 4.79 Å². The van der Waals surface area contributed by atoms with Crippen LogP contribution in [0.4, 0.5) is 0 Å². The third-order valence-corrected chi connectivity index (χ3v) is 6.49. The second-order valence-electron chi connectivity index (χ2n) is 7.89. The van der Waals surface area contributed by atoms with E-state index in [-0.39, 0.29) is 18.1 Å². The zero-order chi connectivity index (χ0) is 23.2. The average molecular weight is 556 g/mol. The number of hydrogen-bond acceptors (Lipinski definition) is 6. The molecule has 0 aliphatic heterocycles. The van der Waals surface area contributed by atoms with Gasteiger partial charge in [-0.25, -0.2) is 4.98 Å². The van der Waals surface area contributed by atoms with Gasteiger partial charge >= 0.3 is 0 Å². The van der Waals surface area contributed by atoms with E-state index in [1.807, 2.05) is 43.3 Å². The van der Waals surface area contributed by atoms with Crippen molar-refractivity contribution < 1.29 is 9.47 Å². The Balaban J connectivity index is 1.78.